The molecule has 1 aliphatic heterocycles. The van der Waals surface area contributed by atoms with Crippen molar-refractivity contribution in [2.45, 2.75) is 50.7 Å². The van der Waals surface area contributed by atoms with Crippen LogP contribution in [0.3, 0.4) is 0 Å². The Morgan fingerprint density at radius 2 is 2.13 bits per heavy atom. The normalized spacial score (nSPS) is 27.8. The summed E-state index contributed by atoms with van der Waals surface area (Å²) < 4.78 is 6.74. The van der Waals surface area contributed by atoms with Crippen LogP contribution < -0.4 is 17.0 Å². The first kappa shape index (κ1) is 17.6. The molecule has 0 radical (unpaired) electrons. The second-order valence-corrected chi connectivity index (χ2v) is 5.58. The maximum atomic E-state index is 12.0. The molecule has 2 heterocycles. The molecular weight excluding hydrogens is 302 g/mol. The van der Waals surface area contributed by atoms with E-state index in [9.17, 15) is 19.8 Å². The van der Waals surface area contributed by atoms with Crippen LogP contribution in [0.1, 0.15) is 38.0 Å². The first-order valence-corrected chi connectivity index (χ1v) is 7.73. The number of ether oxygens (including phenoxy) is 1. The molecule has 1 aromatic rings. The van der Waals surface area contributed by atoms with Gasteiger partial charge in [0, 0.05) is 12.7 Å². The van der Waals surface area contributed by atoms with E-state index in [0.29, 0.717) is 6.42 Å². The average Bonchev–Trinajstić information content (AvgIpc) is 2.80. The van der Waals surface area contributed by atoms with Gasteiger partial charge in [-0.15, -0.1) is 0 Å². The Hall–Kier alpha value is -1.74. The van der Waals surface area contributed by atoms with Crippen LogP contribution in [-0.2, 0) is 4.74 Å². The van der Waals surface area contributed by atoms with Gasteiger partial charge in [0.05, 0.1) is 11.7 Å². The minimum absolute atomic E-state index is 0.220. The molecule has 5 N–H and O–H groups in total. The lowest BCUT2D eigenvalue weighted by molar-refractivity contribution is -0.0422. The number of hydrogen-bond acceptors (Lipinski definition) is 6. The van der Waals surface area contributed by atoms with Gasteiger partial charge in [0.1, 0.15) is 12.2 Å². The lowest BCUT2D eigenvalue weighted by atomic mass is 10.1. The number of H-pyrrole nitrogens is 1. The van der Waals surface area contributed by atoms with Gasteiger partial charge >= 0.3 is 5.69 Å². The molecule has 1 fully saturated rings. The number of nitrogens with two attached hydrogens (primary N) is 1. The molecule has 0 aromatic carbocycles. The fourth-order valence-electron chi connectivity index (χ4n) is 2.61. The molecule has 0 amide bonds. The summed E-state index contributed by atoms with van der Waals surface area (Å²) in [6.45, 7) is 2.26. The zero-order valence-corrected chi connectivity index (χ0v) is 13.0. The van der Waals surface area contributed by atoms with Gasteiger partial charge in [0.15, 0.2) is 6.23 Å². The minimum atomic E-state index is -1.24. The fourth-order valence-corrected chi connectivity index (χ4v) is 2.61. The van der Waals surface area contributed by atoms with E-state index in [4.69, 9.17) is 10.5 Å². The Balaban J connectivity index is 2.32. The molecule has 0 aliphatic carbocycles. The molecule has 0 saturated carbocycles. The van der Waals surface area contributed by atoms with Crippen LogP contribution >= 0.6 is 0 Å². The molecule has 4 atom stereocenters. The van der Waals surface area contributed by atoms with Gasteiger partial charge in [0.25, 0.3) is 5.56 Å². The van der Waals surface area contributed by atoms with E-state index in [2.05, 4.69) is 4.98 Å². The molecule has 0 bridgehead atoms. The molecule has 1 unspecified atom stereocenters. The summed E-state index contributed by atoms with van der Waals surface area (Å²) in [6.07, 6.45) is 2.81. The zero-order valence-electron chi connectivity index (χ0n) is 13.0. The molecule has 1 aliphatic rings. The van der Waals surface area contributed by atoms with Crippen LogP contribution in [0.4, 0.5) is 0 Å². The van der Waals surface area contributed by atoms with Crippen LogP contribution in [0.15, 0.2) is 21.9 Å². The third-order valence-corrected chi connectivity index (χ3v) is 3.88. The number of aromatic nitrogens is 2. The standard InChI is InChI=1S/C15H23N3O5/c1-2-3-6-10-11(19)12(20)14(23-10)18-8-9(5-4-7-16)13(21)17-15(18)22/h4-5,8,10-12,14,19-20H,2-3,6-7,16H2,1H3,(H,17,21,22)/b5-4+/t10-,11-,12-,14?/m1/s1. The Morgan fingerprint density at radius 3 is 2.78 bits per heavy atom. The van der Waals surface area contributed by atoms with Crippen LogP contribution in [0.5, 0.6) is 0 Å². The second kappa shape index (κ2) is 7.69. The number of nitrogens with one attached hydrogen (secondary N) is 1. The van der Waals surface area contributed by atoms with Gasteiger partial charge in [-0.25, -0.2) is 4.79 Å². The highest BCUT2D eigenvalue weighted by atomic mass is 16.6. The van der Waals surface area contributed by atoms with E-state index < -0.39 is 35.8 Å². The Morgan fingerprint density at radius 1 is 1.39 bits per heavy atom. The van der Waals surface area contributed by atoms with Gasteiger partial charge in [-0.05, 0) is 6.42 Å². The average molecular weight is 325 g/mol. The second-order valence-electron chi connectivity index (χ2n) is 5.58. The predicted molar refractivity (Wildman–Crippen MR) is 84.9 cm³/mol. The van der Waals surface area contributed by atoms with Crippen molar-refractivity contribution in [1.82, 2.24) is 9.55 Å². The van der Waals surface area contributed by atoms with Crippen molar-refractivity contribution in [2.75, 3.05) is 6.54 Å². The quantitative estimate of drug-likeness (QED) is 0.548. The molecule has 8 nitrogen and oxygen atoms in total. The van der Waals surface area contributed by atoms with Gasteiger partial charge in [-0.2, -0.15) is 0 Å². The van der Waals surface area contributed by atoms with Crippen LogP contribution in [0.2, 0.25) is 0 Å². The lowest BCUT2D eigenvalue weighted by Crippen LogP contribution is -2.38. The minimum Gasteiger partial charge on any atom is -0.388 e. The predicted octanol–water partition coefficient (Wildman–Crippen LogP) is -0.682. The van der Waals surface area contributed by atoms with Gasteiger partial charge in [0.2, 0.25) is 0 Å². The third-order valence-electron chi connectivity index (χ3n) is 3.88. The summed E-state index contributed by atoms with van der Waals surface area (Å²) in [6, 6.07) is 0. The van der Waals surface area contributed by atoms with Gasteiger partial charge < -0.3 is 20.7 Å². The van der Waals surface area contributed by atoms with E-state index in [-0.39, 0.29) is 12.1 Å². The smallest absolute Gasteiger partial charge is 0.330 e. The highest BCUT2D eigenvalue weighted by Gasteiger charge is 2.43. The van der Waals surface area contributed by atoms with E-state index >= 15 is 0 Å². The van der Waals surface area contributed by atoms with Crippen molar-refractivity contribution in [2.24, 2.45) is 5.73 Å². The van der Waals surface area contributed by atoms with Crippen molar-refractivity contribution in [3.63, 3.8) is 0 Å². The lowest BCUT2D eigenvalue weighted by Gasteiger charge is -2.17. The number of rotatable bonds is 6. The highest BCUT2D eigenvalue weighted by molar-refractivity contribution is 5.46. The van der Waals surface area contributed by atoms with E-state index in [1.807, 2.05) is 6.92 Å². The number of aromatic amines is 1. The van der Waals surface area contributed by atoms with Crippen LogP contribution in [0.25, 0.3) is 6.08 Å². The van der Waals surface area contributed by atoms with Crippen molar-refractivity contribution in [3.05, 3.63) is 38.7 Å². The summed E-state index contributed by atoms with van der Waals surface area (Å²) in [7, 11) is 0. The highest BCUT2D eigenvalue weighted by Crippen LogP contribution is 2.30. The number of hydrogen-bond donors (Lipinski definition) is 4. The topological polar surface area (TPSA) is 131 Å². The van der Waals surface area contributed by atoms with Gasteiger partial charge in [-0.1, -0.05) is 31.9 Å². The van der Waals surface area contributed by atoms with Gasteiger partial charge in [-0.3, -0.25) is 14.3 Å². The Labute approximate surface area is 133 Å². The molecule has 128 valence electrons. The van der Waals surface area contributed by atoms with Crippen molar-refractivity contribution in [1.29, 1.82) is 0 Å². The summed E-state index contributed by atoms with van der Waals surface area (Å²) in [4.78, 5) is 25.9. The Bertz CT molecular complexity index is 666. The largest absolute Gasteiger partial charge is 0.388 e. The summed E-state index contributed by atoms with van der Waals surface area (Å²) >= 11 is 0. The maximum Gasteiger partial charge on any atom is 0.330 e. The first-order chi connectivity index (χ1) is 11.0. The van der Waals surface area contributed by atoms with Crippen LogP contribution in [0, 0.1) is 0 Å². The van der Waals surface area contributed by atoms with Crippen molar-refractivity contribution in [3.8, 4) is 0 Å². The number of aliphatic hydroxyl groups is 2. The molecule has 1 aromatic heterocycles. The maximum absolute atomic E-state index is 12.0. The molecule has 0 spiro atoms. The van der Waals surface area contributed by atoms with E-state index in [0.717, 1.165) is 17.4 Å². The Kier molecular flexibility index (Phi) is 5.89. The number of aliphatic hydroxyl groups excluding tert-OH is 2. The molecular formula is C15H23N3O5. The zero-order chi connectivity index (χ0) is 17.0. The van der Waals surface area contributed by atoms with E-state index in [1.165, 1.54) is 12.3 Å². The van der Waals surface area contributed by atoms with Crippen LogP contribution in [-0.4, -0.2) is 44.6 Å². The van der Waals surface area contributed by atoms with Crippen molar-refractivity contribution < 1.29 is 14.9 Å². The van der Waals surface area contributed by atoms with E-state index in [1.54, 1.807) is 6.08 Å². The number of unbranched alkanes of at least 4 members (excludes halogenated alkanes) is 1. The fraction of sp³-hybridized carbons (Fsp3) is 0.600. The molecule has 8 heteroatoms. The monoisotopic (exact) mass is 325 g/mol. The SMILES string of the molecule is CCCC[C@H]1OC(n2cc(/C=C/CN)c(=O)[nH]c2=O)[C@H](O)[C@@H]1O. The molecule has 1 saturated heterocycles. The first-order valence-electron chi connectivity index (χ1n) is 7.73. The van der Waals surface area contributed by atoms with Crippen molar-refractivity contribution >= 4 is 6.08 Å². The number of nitrogens with zero attached hydrogens (tertiary/aromatic N) is 1. The summed E-state index contributed by atoms with van der Waals surface area (Å²) in [5.74, 6) is 0. The molecule has 23 heavy (non-hydrogen) atoms. The third kappa shape index (κ3) is 3.78. The molecule has 2 rings (SSSR count). The summed E-state index contributed by atoms with van der Waals surface area (Å²) in [5, 5.41) is 20.3. The summed E-state index contributed by atoms with van der Waals surface area (Å²) in [5.41, 5.74) is 4.32.